The Bertz CT molecular complexity index is 1140. The van der Waals surface area contributed by atoms with Gasteiger partial charge >= 0.3 is 5.97 Å². The predicted molar refractivity (Wildman–Crippen MR) is 95.3 cm³/mol. The standard InChI is InChI=1S/C17H14N4O3S/c1-9-15-12(22)7-10(8-14(23)24-2)18-16(15)21(20-9)17-19-11-5-3-4-6-13(11)25-17/h3-7H,8H2,1-2H3,(H,18,22). The van der Waals surface area contributed by atoms with Gasteiger partial charge in [-0.25, -0.2) is 4.98 Å². The number of esters is 1. The number of thiazole rings is 1. The monoisotopic (exact) mass is 354 g/mol. The number of nitrogens with zero attached hydrogens (tertiary/aromatic N) is 3. The second-order valence-electron chi connectivity index (χ2n) is 5.60. The number of nitrogens with one attached hydrogen (secondary N) is 1. The summed E-state index contributed by atoms with van der Waals surface area (Å²) in [5.41, 5.74) is 2.31. The van der Waals surface area contributed by atoms with Gasteiger partial charge in [0, 0.05) is 11.8 Å². The van der Waals surface area contributed by atoms with Gasteiger partial charge in [-0.15, -0.1) is 0 Å². The summed E-state index contributed by atoms with van der Waals surface area (Å²) in [5, 5.41) is 5.62. The third-order valence-corrected chi connectivity index (χ3v) is 4.93. The number of benzene rings is 1. The molecule has 4 aromatic rings. The van der Waals surface area contributed by atoms with Crippen LogP contribution in [0.15, 0.2) is 35.1 Å². The molecular formula is C17H14N4O3S. The number of H-pyrrole nitrogens is 1. The molecule has 3 heterocycles. The highest BCUT2D eigenvalue weighted by atomic mass is 32.1. The molecule has 0 aliphatic rings. The molecule has 0 spiro atoms. The molecule has 0 aliphatic heterocycles. The molecule has 7 nitrogen and oxygen atoms in total. The fourth-order valence-electron chi connectivity index (χ4n) is 2.77. The number of hydrogen-bond donors (Lipinski definition) is 1. The normalized spacial score (nSPS) is 11.3. The van der Waals surface area contributed by atoms with E-state index in [1.54, 1.807) is 11.6 Å². The highest BCUT2D eigenvalue weighted by molar-refractivity contribution is 7.20. The van der Waals surface area contributed by atoms with Crippen molar-refractivity contribution < 1.29 is 9.53 Å². The Hall–Kier alpha value is -3.00. The first-order valence-corrected chi connectivity index (χ1v) is 8.43. The molecule has 0 unspecified atom stereocenters. The molecule has 1 N–H and O–H groups in total. The van der Waals surface area contributed by atoms with Crippen molar-refractivity contribution in [2.75, 3.05) is 7.11 Å². The molecule has 1 aromatic carbocycles. The summed E-state index contributed by atoms with van der Waals surface area (Å²) in [5.74, 6) is -0.419. The molecular weight excluding hydrogens is 340 g/mol. The van der Waals surface area contributed by atoms with Crippen LogP contribution < -0.4 is 5.43 Å². The number of methoxy groups -OCH3 is 1. The lowest BCUT2D eigenvalue weighted by Crippen LogP contribution is -2.11. The molecule has 0 aliphatic carbocycles. The van der Waals surface area contributed by atoms with Crippen LogP contribution in [-0.4, -0.2) is 32.8 Å². The van der Waals surface area contributed by atoms with Crippen LogP contribution in [-0.2, 0) is 16.0 Å². The van der Waals surface area contributed by atoms with Gasteiger partial charge in [-0.2, -0.15) is 9.78 Å². The summed E-state index contributed by atoms with van der Waals surface area (Å²) in [6.07, 6.45) is -0.00818. The van der Waals surface area contributed by atoms with Crippen molar-refractivity contribution in [1.82, 2.24) is 19.7 Å². The van der Waals surface area contributed by atoms with Crippen molar-refractivity contribution in [3.05, 3.63) is 51.9 Å². The first-order chi connectivity index (χ1) is 12.1. The van der Waals surface area contributed by atoms with Gasteiger partial charge in [0.05, 0.1) is 34.8 Å². The Morgan fingerprint density at radius 1 is 1.36 bits per heavy atom. The average Bonchev–Trinajstić information content (AvgIpc) is 3.15. The Morgan fingerprint density at radius 3 is 2.92 bits per heavy atom. The number of aryl methyl sites for hydroxylation is 1. The maximum atomic E-state index is 12.5. The number of aromatic amines is 1. The summed E-state index contributed by atoms with van der Waals surface area (Å²) in [6.45, 7) is 1.78. The van der Waals surface area contributed by atoms with Crippen LogP contribution in [0.3, 0.4) is 0 Å². The minimum absolute atomic E-state index is 0.00818. The van der Waals surface area contributed by atoms with Crippen molar-refractivity contribution in [3.8, 4) is 5.13 Å². The molecule has 4 rings (SSSR count). The van der Waals surface area contributed by atoms with Gasteiger partial charge in [-0.05, 0) is 19.1 Å². The fraction of sp³-hybridized carbons (Fsp3) is 0.176. The SMILES string of the molecule is COC(=O)Cc1cc(=O)c2c(C)nn(-c3nc4ccccc4s3)c2[nH]1. The van der Waals surface area contributed by atoms with Gasteiger partial charge in [0.1, 0.15) is 5.65 Å². The number of ether oxygens (including phenoxy) is 1. The zero-order chi connectivity index (χ0) is 17.6. The van der Waals surface area contributed by atoms with Crippen LogP contribution >= 0.6 is 11.3 Å². The fourth-order valence-corrected chi connectivity index (χ4v) is 3.69. The number of aromatic nitrogens is 4. The van der Waals surface area contributed by atoms with Gasteiger partial charge in [0.2, 0.25) is 5.13 Å². The third-order valence-electron chi connectivity index (χ3n) is 3.92. The lowest BCUT2D eigenvalue weighted by atomic mass is 10.2. The zero-order valence-electron chi connectivity index (χ0n) is 13.6. The second kappa shape index (κ2) is 5.82. The Kier molecular flexibility index (Phi) is 3.61. The minimum atomic E-state index is -0.419. The van der Waals surface area contributed by atoms with Crippen LogP contribution in [0, 0.1) is 6.92 Å². The largest absolute Gasteiger partial charge is 0.469 e. The van der Waals surface area contributed by atoms with E-state index < -0.39 is 5.97 Å². The Balaban J connectivity index is 1.94. The molecule has 3 aromatic heterocycles. The lowest BCUT2D eigenvalue weighted by molar-refractivity contribution is -0.139. The summed E-state index contributed by atoms with van der Waals surface area (Å²) in [4.78, 5) is 31.7. The Morgan fingerprint density at radius 2 is 2.16 bits per heavy atom. The highest BCUT2D eigenvalue weighted by Crippen LogP contribution is 2.26. The molecule has 0 amide bonds. The number of carbonyl (C=O) groups is 1. The number of carbonyl (C=O) groups excluding carboxylic acids is 1. The first-order valence-electron chi connectivity index (χ1n) is 7.61. The van der Waals surface area contributed by atoms with Crippen LogP contribution in [0.1, 0.15) is 11.4 Å². The van der Waals surface area contributed by atoms with Gasteiger partial charge in [-0.1, -0.05) is 23.5 Å². The lowest BCUT2D eigenvalue weighted by Gasteiger charge is -2.03. The van der Waals surface area contributed by atoms with Crippen molar-refractivity contribution in [2.45, 2.75) is 13.3 Å². The molecule has 25 heavy (non-hydrogen) atoms. The smallest absolute Gasteiger partial charge is 0.311 e. The van der Waals surface area contributed by atoms with E-state index in [4.69, 9.17) is 0 Å². The Labute approximate surface area is 145 Å². The number of para-hydroxylation sites is 1. The van der Waals surface area contributed by atoms with Gasteiger partial charge < -0.3 is 9.72 Å². The van der Waals surface area contributed by atoms with E-state index >= 15 is 0 Å². The zero-order valence-corrected chi connectivity index (χ0v) is 14.4. The predicted octanol–water partition coefficient (Wildman–Crippen LogP) is 2.35. The average molecular weight is 354 g/mol. The summed E-state index contributed by atoms with van der Waals surface area (Å²) in [7, 11) is 1.31. The van der Waals surface area contributed by atoms with Crippen LogP contribution in [0.2, 0.25) is 0 Å². The molecule has 0 radical (unpaired) electrons. The van der Waals surface area contributed by atoms with Crippen molar-refractivity contribution in [2.24, 2.45) is 0 Å². The molecule has 0 saturated carbocycles. The number of rotatable bonds is 3. The van der Waals surface area contributed by atoms with Crippen LogP contribution in [0.25, 0.3) is 26.4 Å². The van der Waals surface area contributed by atoms with Crippen LogP contribution in [0.4, 0.5) is 0 Å². The number of pyridine rings is 1. The molecule has 0 atom stereocenters. The van der Waals surface area contributed by atoms with Crippen molar-refractivity contribution in [1.29, 1.82) is 0 Å². The quantitative estimate of drug-likeness (QED) is 0.570. The van der Waals surface area contributed by atoms with E-state index in [2.05, 4.69) is 19.8 Å². The highest BCUT2D eigenvalue weighted by Gasteiger charge is 2.17. The van der Waals surface area contributed by atoms with Crippen molar-refractivity contribution >= 4 is 38.6 Å². The second-order valence-corrected chi connectivity index (χ2v) is 6.61. The van der Waals surface area contributed by atoms with Gasteiger partial charge in [0.15, 0.2) is 5.43 Å². The molecule has 126 valence electrons. The van der Waals surface area contributed by atoms with Crippen LogP contribution in [0.5, 0.6) is 0 Å². The van der Waals surface area contributed by atoms with E-state index in [-0.39, 0.29) is 11.8 Å². The summed E-state index contributed by atoms with van der Waals surface area (Å²) >= 11 is 1.48. The molecule has 0 saturated heterocycles. The van der Waals surface area contributed by atoms with Crippen molar-refractivity contribution in [3.63, 3.8) is 0 Å². The summed E-state index contributed by atoms with van der Waals surface area (Å²) in [6, 6.07) is 9.21. The maximum Gasteiger partial charge on any atom is 0.311 e. The van der Waals surface area contributed by atoms with E-state index in [0.29, 0.717) is 27.6 Å². The first kappa shape index (κ1) is 15.5. The third kappa shape index (κ3) is 2.60. The van der Waals surface area contributed by atoms with E-state index in [1.165, 1.54) is 24.5 Å². The number of fused-ring (bicyclic) bond motifs is 2. The topological polar surface area (TPSA) is 89.9 Å². The van der Waals surface area contributed by atoms with E-state index in [9.17, 15) is 9.59 Å². The molecule has 8 heteroatoms. The van der Waals surface area contributed by atoms with E-state index in [1.807, 2.05) is 24.3 Å². The van der Waals surface area contributed by atoms with Gasteiger partial charge in [-0.3, -0.25) is 9.59 Å². The minimum Gasteiger partial charge on any atom is -0.469 e. The number of hydrogen-bond acceptors (Lipinski definition) is 6. The maximum absolute atomic E-state index is 12.5. The summed E-state index contributed by atoms with van der Waals surface area (Å²) < 4.78 is 7.33. The van der Waals surface area contributed by atoms with Gasteiger partial charge in [0.25, 0.3) is 0 Å². The molecule has 0 bridgehead atoms. The van der Waals surface area contributed by atoms with E-state index in [0.717, 1.165) is 10.2 Å². The molecule has 0 fully saturated rings.